The Labute approximate surface area is 130 Å². The highest BCUT2D eigenvalue weighted by atomic mass is 32.2. The second kappa shape index (κ2) is 7.82. The zero-order valence-corrected chi connectivity index (χ0v) is 13.7. The Morgan fingerprint density at radius 1 is 1.48 bits per heavy atom. The molecule has 6 nitrogen and oxygen atoms in total. The van der Waals surface area contributed by atoms with E-state index in [-0.39, 0.29) is 18.8 Å². The van der Waals surface area contributed by atoms with Gasteiger partial charge in [0.05, 0.1) is 18.8 Å². The molecule has 2 rings (SSSR count). The fourth-order valence-electron chi connectivity index (χ4n) is 2.34. The zero-order valence-electron chi connectivity index (χ0n) is 12.9. The standard InChI is InChI=1S/C14H24N4O2S/c1-4-5-15-12-6-13(17-14(16-12)21-3)18-7-10(2)20-11(8-18)9-19/h6,10-11,19H,4-5,7-9H2,1-3H3,(H,15,16,17). The monoisotopic (exact) mass is 312 g/mol. The van der Waals surface area contributed by atoms with Crippen molar-refractivity contribution >= 4 is 23.4 Å². The molecule has 1 aromatic heterocycles. The molecule has 0 spiro atoms. The van der Waals surface area contributed by atoms with Gasteiger partial charge in [-0.2, -0.15) is 0 Å². The molecular weight excluding hydrogens is 288 g/mol. The molecule has 7 heteroatoms. The fraction of sp³-hybridized carbons (Fsp3) is 0.714. The molecule has 2 N–H and O–H groups in total. The number of morpholine rings is 1. The van der Waals surface area contributed by atoms with Crippen molar-refractivity contribution < 1.29 is 9.84 Å². The zero-order chi connectivity index (χ0) is 15.2. The van der Waals surface area contributed by atoms with E-state index >= 15 is 0 Å². The lowest BCUT2D eigenvalue weighted by Crippen LogP contribution is -2.48. The van der Waals surface area contributed by atoms with Crippen LogP contribution in [0.2, 0.25) is 0 Å². The molecule has 0 amide bonds. The van der Waals surface area contributed by atoms with Gasteiger partial charge >= 0.3 is 0 Å². The molecule has 1 fully saturated rings. The molecule has 0 aliphatic carbocycles. The summed E-state index contributed by atoms with van der Waals surface area (Å²) in [6.07, 6.45) is 2.94. The SMILES string of the molecule is CCCNc1cc(N2CC(C)OC(CO)C2)nc(SC)n1. The quantitative estimate of drug-likeness (QED) is 0.611. The molecule has 2 atom stereocenters. The first-order valence-electron chi connectivity index (χ1n) is 7.34. The topological polar surface area (TPSA) is 70.5 Å². The van der Waals surface area contributed by atoms with E-state index in [1.54, 1.807) is 0 Å². The summed E-state index contributed by atoms with van der Waals surface area (Å²) in [7, 11) is 0. The van der Waals surface area contributed by atoms with Gasteiger partial charge in [-0.05, 0) is 19.6 Å². The second-order valence-electron chi connectivity index (χ2n) is 5.18. The molecule has 0 aromatic carbocycles. The summed E-state index contributed by atoms with van der Waals surface area (Å²) < 4.78 is 5.68. The number of aromatic nitrogens is 2. The van der Waals surface area contributed by atoms with Gasteiger partial charge in [-0.1, -0.05) is 18.7 Å². The van der Waals surface area contributed by atoms with E-state index in [1.807, 2.05) is 19.2 Å². The maximum absolute atomic E-state index is 9.34. The number of aliphatic hydroxyl groups is 1. The number of aliphatic hydroxyl groups excluding tert-OH is 1. The van der Waals surface area contributed by atoms with Crippen LogP contribution in [0.4, 0.5) is 11.6 Å². The molecule has 1 aromatic rings. The summed E-state index contributed by atoms with van der Waals surface area (Å²) in [6, 6.07) is 1.97. The Morgan fingerprint density at radius 3 is 2.95 bits per heavy atom. The highest BCUT2D eigenvalue weighted by molar-refractivity contribution is 7.98. The first kappa shape index (κ1) is 16.3. The molecule has 118 valence electrons. The maximum Gasteiger partial charge on any atom is 0.191 e. The number of nitrogens with zero attached hydrogens (tertiary/aromatic N) is 3. The third-order valence-electron chi connectivity index (χ3n) is 3.28. The minimum Gasteiger partial charge on any atom is -0.394 e. The van der Waals surface area contributed by atoms with Gasteiger partial charge in [0.2, 0.25) is 0 Å². The van der Waals surface area contributed by atoms with Crippen LogP contribution in [0, 0.1) is 0 Å². The first-order chi connectivity index (χ1) is 10.2. The Balaban J connectivity index is 2.20. The highest BCUT2D eigenvalue weighted by Crippen LogP contribution is 2.23. The lowest BCUT2D eigenvalue weighted by molar-refractivity contribution is -0.0423. The van der Waals surface area contributed by atoms with Gasteiger partial charge in [-0.25, -0.2) is 9.97 Å². The number of thioether (sulfide) groups is 1. The van der Waals surface area contributed by atoms with Gasteiger partial charge < -0.3 is 20.1 Å². The summed E-state index contributed by atoms with van der Waals surface area (Å²) in [5.74, 6) is 1.74. The lowest BCUT2D eigenvalue weighted by Gasteiger charge is -2.36. The molecule has 2 unspecified atom stereocenters. The highest BCUT2D eigenvalue weighted by Gasteiger charge is 2.26. The van der Waals surface area contributed by atoms with E-state index in [1.165, 1.54) is 11.8 Å². The minimum absolute atomic E-state index is 0.0300. The largest absolute Gasteiger partial charge is 0.394 e. The van der Waals surface area contributed by atoms with Gasteiger partial charge in [0.25, 0.3) is 0 Å². The minimum atomic E-state index is -0.159. The molecular formula is C14H24N4O2S. The fourth-order valence-corrected chi connectivity index (χ4v) is 2.72. The summed E-state index contributed by atoms with van der Waals surface area (Å²) in [4.78, 5) is 11.2. The molecule has 1 aliphatic rings. The van der Waals surface area contributed by atoms with Crippen molar-refractivity contribution in [3.05, 3.63) is 6.07 Å². The molecule has 0 bridgehead atoms. The second-order valence-corrected chi connectivity index (χ2v) is 5.95. The van der Waals surface area contributed by atoms with Crippen molar-refractivity contribution in [3.8, 4) is 0 Å². The van der Waals surface area contributed by atoms with Crippen molar-refractivity contribution in [2.24, 2.45) is 0 Å². The van der Waals surface area contributed by atoms with Crippen LogP contribution in [0.25, 0.3) is 0 Å². The van der Waals surface area contributed by atoms with Crippen LogP contribution in [-0.2, 0) is 4.74 Å². The summed E-state index contributed by atoms with van der Waals surface area (Å²) >= 11 is 1.53. The average molecular weight is 312 g/mol. The van der Waals surface area contributed by atoms with E-state index < -0.39 is 0 Å². The number of hydrogen-bond donors (Lipinski definition) is 2. The summed E-state index contributed by atoms with van der Waals surface area (Å²) in [6.45, 7) is 6.49. The van der Waals surface area contributed by atoms with Crippen molar-refractivity contribution in [1.82, 2.24) is 9.97 Å². The number of hydrogen-bond acceptors (Lipinski definition) is 7. The molecule has 21 heavy (non-hydrogen) atoms. The van der Waals surface area contributed by atoms with Crippen LogP contribution >= 0.6 is 11.8 Å². The van der Waals surface area contributed by atoms with Gasteiger partial charge in [-0.15, -0.1) is 0 Å². The van der Waals surface area contributed by atoms with Crippen molar-refractivity contribution in [3.63, 3.8) is 0 Å². The predicted molar refractivity (Wildman–Crippen MR) is 86.2 cm³/mol. The maximum atomic E-state index is 9.34. The third-order valence-corrected chi connectivity index (χ3v) is 3.83. The van der Waals surface area contributed by atoms with Crippen LogP contribution in [0.5, 0.6) is 0 Å². The number of anilines is 2. The summed E-state index contributed by atoms with van der Waals surface area (Å²) in [5, 5.41) is 13.4. The Bertz CT molecular complexity index is 461. The lowest BCUT2D eigenvalue weighted by atomic mass is 10.2. The van der Waals surface area contributed by atoms with Crippen LogP contribution < -0.4 is 10.2 Å². The molecule has 0 radical (unpaired) electrons. The number of nitrogens with one attached hydrogen (secondary N) is 1. The molecule has 1 aliphatic heterocycles. The van der Waals surface area contributed by atoms with E-state index in [4.69, 9.17) is 4.74 Å². The van der Waals surface area contributed by atoms with Gasteiger partial charge in [-0.3, -0.25) is 0 Å². The molecule has 1 saturated heterocycles. The van der Waals surface area contributed by atoms with Crippen LogP contribution in [0.15, 0.2) is 11.2 Å². The Kier molecular flexibility index (Phi) is 6.08. The van der Waals surface area contributed by atoms with Gasteiger partial charge in [0.1, 0.15) is 11.6 Å². The smallest absolute Gasteiger partial charge is 0.191 e. The Morgan fingerprint density at radius 2 is 2.29 bits per heavy atom. The van der Waals surface area contributed by atoms with E-state index in [2.05, 4.69) is 27.1 Å². The average Bonchev–Trinajstić information content (AvgIpc) is 2.51. The number of rotatable bonds is 6. The van der Waals surface area contributed by atoms with Crippen LogP contribution in [-0.4, -0.2) is 59.8 Å². The third kappa shape index (κ3) is 4.46. The van der Waals surface area contributed by atoms with E-state index in [0.717, 1.165) is 36.3 Å². The van der Waals surface area contributed by atoms with Crippen LogP contribution in [0.3, 0.4) is 0 Å². The summed E-state index contributed by atoms with van der Waals surface area (Å²) in [5.41, 5.74) is 0. The Hall–Kier alpha value is -1.05. The van der Waals surface area contributed by atoms with Crippen LogP contribution in [0.1, 0.15) is 20.3 Å². The number of ether oxygens (including phenoxy) is 1. The van der Waals surface area contributed by atoms with Gasteiger partial charge in [0.15, 0.2) is 5.16 Å². The predicted octanol–water partition coefficient (Wildman–Crippen LogP) is 1.61. The van der Waals surface area contributed by atoms with Crippen molar-refractivity contribution in [1.29, 1.82) is 0 Å². The van der Waals surface area contributed by atoms with E-state index in [9.17, 15) is 5.11 Å². The molecule has 0 saturated carbocycles. The van der Waals surface area contributed by atoms with Crippen molar-refractivity contribution in [2.45, 2.75) is 37.6 Å². The van der Waals surface area contributed by atoms with Crippen molar-refractivity contribution in [2.75, 3.05) is 42.7 Å². The first-order valence-corrected chi connectivity index (χ1v) is 8.57. The van der Waals surface area contributed by atoms with E-state index in [0.29, 0.717) is 6.54 Å². The molecule has 2 heterocycles. The normalized spacial score (nSPS) is 22.4. The van der Waals surface area contributed by atoms with Gasteiger partial charge in [0, 0.05) is 25.7 Å².